The molecule has 0 radical (unpaired) electrons. The molecular weight excluding hydrogens is 338 g/mol. The number of rotatable bonds is 6. The van der Waals surface area contributed by atoms with Gasteiger partial charge in [0, 0.05) is 24.5 Å². The first-order valence-electron chi connectivity index (χ1n) is 9.07. The monoisotopic (exact) mass is 363 g/mol. The Morgan fingerprint density at radius 3 is 2.74 bits per heavy atom. The average molecular weight is 363 g/mol. The Hall–Kier alpha value is -2.92. The van der Waals surface area contributed by atoms with Gasteiger partial charge in [-0.3, -0.25) is 9.78 Å². The Morgan fingerprint density at radius 2 is 2.07 bits per heavy atom. The molecule has 1 heterocycles. The first kappa shape index (κ1) is 18.9. The molecule has 0 saturated heterocycles. The molecule has 0 unspecified atom stereocenters. The topological polar surface area (TPSA) is 54.5 Å². The number of hydrogen-bond donors (Lipinski definition) is 1. The van der Waals surface area contributed by atoms with Crippen molar-refractivity contribution in [2.45, 2.75) is 26.3 Å². The van der Waals surface area contributed by atoms with Crippen molar-refractivity contribution in [3.63, 3.8) is 0 Å². The van der Waals surface area contributed by atoms with Crippen LogP contribution >= 0.6 is 0 Å². The molecule has 0 bridgehead atoms. The summed E-state index contributed by atoms with van der Waals surface area (Å²) in [7, 11) is 3.99. The highest BCUT2D eigenvalue weighted by Gasteiger charge is 2.11. The minimum Gasteiger partial charge on any atom is -0.457 e. The van der Waals surface area contributed by atoms with E-state index in [0.717, 1.165) is 42.0 Å². The van der Waals surface area contributed by atoms with Crippen LogP contribution < -0.4 is 10.1 Å². The first-order chi connectivity index (χ1) is 13.0. The van der Waals surface area contributed by atoms with Gasteiger partial charge in [-0.25, -0.2) is 0 Å². The number of pyridine rings is 1. The lowest BCUT2D eigenvalue weighted by Gasteiger charge is -2.14. The van der Waals surface area contributed by atoms with Crippen molar-refractivity contribution in [2.75, 3.05) is 19.4 Å². The molecule has 5 heteroatoms. The van der Waals surface area contributed by atoms with E-state index in [1.165, 1.54) is 0 Å². The molecule has 5 nitrogen and oxygen atoms in total. The van der Waals surface area contributed by atoms with Crippen LogP contribution in [0, 0.1) is 6.92 Å². The van der Waals surface area contributed by atoms with Crippen LogP contribution in [0.2, 0.25) is 0 Å². The highest BCUT2D eigenvalue weighted by atomic mass is 16.5. The van der Waals surface area contributed by atoms with Crippen molar-refractivity contribution in [2.24, 2.45) is 0 Å². The minimum absolute atomic E-state index is 0.238. The van der Waals surface area contributed by atoms with E-state index in [1.807, 2.05) is 51.4 Å². The van der Waals surface area contributed by atoms with E-state index < -0.39 is 0 Å². The number of carbonyl (C=O) groups is 1. The van der Waals surface area contributed by atoms with Crippen LogP contribution in [0.4, 0.5) is 5.69 Å². The number of benzene rings is 1. The summed E-state index contributed by atoms with van der Waals surface area (Å²) in [5.41, 5.74) is 3.15. The van der Waals surface area contributed by atoms with E-state index >= 15 is 0 Å². The molecule has 0 fully saturated rings. The van der Waals surface area contributed by atoms with Gasteiger partial charge in [0.05, 0.1) is 0 Å². The van der Waals surface area contributed by atoms with Crippen LogP contribution in [0.3, 0.4) is 0 Å². The van der Waals surface area contributed by atoms with Gasteiger partial charge in [0.2, 0.25) is 0 Å². The van der Waals surface area contributed by atoms with Crippen LogP contribution in [-0.4, -0.2) is 29.9 Å². The van der Waals surface area contributed by atoms with Crippen molar-refractivity contribution in [1.82, 2.24) is 9.88 Å². The highest BCUT2D eigenvalue weighted by Crippen LogP contribution is 2.26. The number of anilines is 1. The molecule has 140 valence electrons. The van der Waals surface area contributed by atoms with Gasteiger partial charge < -0.3 is 15.0 Å². The zero-order chi connectivity index (χ0) is 19.2. The summed E-state index contributed by atoms with van der Waals surface area (Å²) >= 11 is 0. The van der Waals surface area contributed by atoms with Crippen LogP contribution in [0.5, 0.6) is 5.75 Å². The van der Waals surface area contributed by atoms with Crippen LogP contribution in [-0.2, 0) is 6.54 Å². The predicted molar refractivity (Wildman–Crippen MR) is 108 cm³/mol. The third-order valence-electron chi connectivity index (χ3n) is 4.19. The van der Waals surface area contributed by atoms with Crippen molar-refractivity contribution in [1.29, 1.82) is 0 Å². The van der Waals surface area contributed by atoms with E-state index in [1.54, 1.807) is 12.3 Å². The lowest BCUT2D eigenvalue weighted by Crippen LogP contribution is -2.15. The van der Waals surface area contributed by atoms with E-state index in [9.17, 15) is 4.79 Å². The fraction of sp³-hybridized carbons (Fsp3) is 0.273. The molecule has 27 heavy (non-hydrogen) atoms. The Labute approximate surface area is 160 Å². The van der Waals surface area contributed by atoms with E-state index in [0.29, 0.717) is 11.4 Å². The predicted octanol–water partition coefficient (Wildman–Crippen LogP) is 4.32. The maximum Gasteiger partial charge on any atom is 0.274 e. The molecule has 0 atom stereocenters. The lowest BCUT2D eigenvalue weighted by molar-refractivity contribution is 0.102. The Bertz CT molecular complexity index is 868. The SMILES string of the molecule is Cc1ccc(NC(=O)c2ccc(CN(C)C)cn2)cc1OC1=CCCC=C1. The molecule has 1 aliphatic carbocycles. The Morgan fingerprint density at radius 1 is 1.22 bits per heavy atom. The van der Waals surface area contributed by atoms with Gasteiger partial charge in [0.1, 0.15) is 17.2 Å². The van der Waals surface area contributed by atoms with E-state index in [2.05, 4.69) is 27.4 Å². The second kappa shape index (κ2) is 8.64. The van der Waals surface area contributed by atoms with Gasteiger partial charge in [0.15, 0.2) is 0 Å². The fourth-order valence-corrected chi connectivity index (χ4v) is 2.79. The molecule has 1 N–H and O–H groups in total. The summed E-state index contributed by atoms with van der Waals surface area (Å²) in [5.74, 6) is 1.34. The molecule has 1 aromatic heterocycles. The number of aryl methyl sites for hydroxylation is 1. The summed E-state index contributed by atoms with van der Waals surface area (Å²) in [6.07, 6.45) is 9.92. The van der Waals surface area contributed by atoms with Crippen molar-refractivity contribution in [3.8, 4) is 5.75 Å². The molecule has 0 saturated carbocycles. The molecule has 1 amide bonds. The maximum absolute atomic E-state index is 12.5. The smallest absolute Gasteiger partial charge is 0.274 e. The first-order valence-corrected chi connectivity index (χ1v) is 9.07. The van der Waals surface area contributed by atoms with E-state index in [4.69, 9.17) is 4.74 Å². The number of hydrogen-bond acceptors (Lipinski definition) is 4. The van der Waals surface area contributed by atoms with Crippen LogP contribution in [0.25, 0.3) is 0 Å². The van der Waals surface area contributed by atoms with Crippen molar-refractivity contribution >= 4 is 11.6 Å². The number of carbonyl (C=O) groups excluding carboxylic acids is 1. The van der Waals surface area contributed by atoms with Gasteiger partial charge in [-0.2, -0.15) is 0 Å². The number of amides is 1. The molecule has 0 spiro atoms. The van der Waals surface area contributed by atoms with Gasteiger partial charge in [0.25, 0.3) is 5.91 Å². The van der Waals surface area contributed by atoms with Crippen molar-refractivity contribution < 1.29 is 9.53 Å². The van der Waals surface area contributed by atoms with Crippen LogP contribution in [0.1, 0.15) is 34.5 Å². The molecule has 1 aliphatic rings. The summed E-state index contributed by atoms with van der Waals surface area (Å²) < 4.78 is 5.97. The molecule has 2 aromatic rings. The zero-order valence-corrected chi connectivity index (χ0v) is 16.0. The standard InChI is InChI=1S/C22H25N3O2/c1-16-9-11-18(13-21(16)27-19-7-5-4-6-8-19)24-22(26)20-12-10-17(14-23-20)15-25(2)3/h5,7-14H,4,6,15H2,1-3H3,(H,24,26). The highest BCUT2D eigenvalue weighted by molar-refractivity contribution is 6.02. The fourth-order valence-electron chi connectivity index (χ4n) is 2.79. The normalized spacial score (nSPS) is 13.4. The quantitative estimate of drug-likeness (QED) is 0.831. The Balaban J connectivity index is 1.69. The summed E-state index contributed by atoms with van der Waals surface area (Å²) in [4.78, 5) is 18.8. The largest absolute Gasteiger partial charge is 0.457 e. The third kappa shape index (κ3) is 5.28. The average Bonchev–Trinajstić information content (AvgIpc) is 2.65. The third-order valence-corrected chi connectivity index (χ3v) is 4.19. The van der Waals surface area contributed by atoms with Gasteiger partial charge in [-0.05, 0) is 69.3 Å². The number of aromatic nitrogens is 1. The summed E-state index contributed by atoms with van der Waals surface area (Å²) in [5, 5.41) is 2.89. The Kier molecular flexibility index (Phi) is 6.04. The van der Waals surface area contributed by atoms with Gasteiger partial charge >= 0.3 is 0 Å². The van der Waals surface area contributed by atoms with Crippen molar-refractivity contribution in [3.05, 3.63) is 77.3 Å². The minimum atomic E-state index is -0.238. The van der Waals surface area contributed by atoms with Gasteiger partial charge in [-0.1, -0.05) is 18.2 Å². The molecule has 1 aromatic carbocycles. The number of nitrogens with zero attached hydrogens (tertiary/aromatic N) is 2. The van der Waals surface area contributed by atoms with E-state index in [-0.39, 0.29) is 5.91 Å². The van der Waals surface area contributed by atoms with Crippen LogP contribution in [0.15, 0.2) is 60.5 Å². The number of allylic oxidation sites excluding steroid dienone is 3. The lowest BCUT2D eigenvalue weighted by atomic mass is 10.1. The molecular formula is C22H25N3O2. The maximum atomic E-state index is 12.5. The zero-order valence-electron chi connectivity index (χ0n) is 16.0. The molecule has 3 rings (SSSR count). The summed E-state index contributed by atoms with van der Waals surface area (Å²) in [6, 6.07) is 9.32. The molecule has 0 aliphatic heterocycles. The number of ether oxygens (including phenoxy) is 1. The second-order valence-electron chi connectivity index (χ2n) is 6.91. The second-order valence-corrected chi connectivity index (χ2v) is 6.91. The number of nitrogens with one attached hydrogen (secondary N) is 1. The van der Waals surface area contributed by atoms with Gasteiger partial charge in [-0.15, -0.1) is 0 Å². The summed E-state index contributed by atoms with van der Waals surface area (Å²) in [6.45, 7) is 2.77.